The zero-order valence-electron chi connectivity index (χ0n) is 9.54. The van der Waals surface area contributed by atoms with E-state index in [2.05, 4.69) is 5.43 Å². The fraction of sp³-hybridized carbons (Fsp3) is 0.167. The Bertz CT molecular complexity index is 568. The highest BCUT2D eigenvalue weighted by Crippen LogP contribution is 2.38. The number of alkyl halides is 3. The maximum atomic E-state index is 12.9. The molecule has 1 aromatic carbocycles. The van der Waals surface area contributed by atoms with Gasteiger partial charge in [0.1, 0.15) is 0 Å². The van der Waals surface area contributed by atoms with E-state index in [0.29, 0.717) is 10.6 Å². The van der Waals surface area contributed by atoms with Crippen molar-refractivity contribution in [3.8, 4) is 0 Å². The van der Waals surface area contributed by atoms with Crippen molar-refractivity contribution in [2.45, 2.75) is 12.2 Å². The molecule has 19 heavy (non-hydrogen) atoms. The standard InChI is InChI=1S/C12H10ClF3N2S/c13-8-3-1-2-7(4-8)11(18-17)9-5-19-6-10(9)12(14,15)16/h1-6,11,18H,17H2. The number of thiophene rings is 1. The lowest BCUT2D eigenvalue weighted by atomic mass is 9.98. The normalized spacial score (nSPS) is 13.5. The van der Waals surface area contributed by atoms with E-state index < -0.39 is 17.8 Å². The van der Waals surface area contributed by atoms with Gasteiger partial charge in [-0.3, -0.25) is 5.84 Å². The van der Waals surface area contributed by atoms with Crippen LogP contribution in [0.5, 0.6) is 0 Å². The van der Waals surface area contributed by atoms with Crippen molar-refractivity contribution < 1.29 is 13.2 Å². The largest absolute Gasteiger partial charge is 0.417 e. The molecule has 0 aliphatic rings. The van der Waals surface area contributed by atoms with Gasteiger partial charge >= 0.3 is 6.18 Å². The average Bonchev–Trinajstić information content (AvgIpc) is 2.79. The summed E-state index contributed by atoms with van der Waals surface area (Å²) in [5.41, 5.74) is 2.41. The first-order chi connectivity index (χ1) is 8.93. The number of nitrogens with one attached hydrogen (secondary N) is 1. The summed E-state index contributed by atoms with van der Waals surface area (Å²) in [7, 11) is 0. The fourth-order valence-electron chi connectivity index (χ4n) is 1.81. The molecule has 1 heterocycles. The van der Waals surface area contributed by atoms with Gasteiger partial charge in [0.15, 0.2) is 0 Å². The molecule has 1 aromatic heterocycles. The van der Waals surface area contributed by atoms with Crippen molar-refractivity contribution in [1.82, 2.24) is 5.43 Å². The Morgan fingerprint density at radius 2 is 2.00 bits per heavy atom. The maximum Gasteiger partial charge on any atom is 0.417 e. The highest BCUT2D eigenvalue weighted by atomic mass is 35.5. The minimum atomic E-state index is -4.40. The van der Waals surface area contributed by atoms with Gasteiger partial charge in [-0.15, -0.1) is 0 Å². The number of hydrogen-bond acceptors (Lipinski definition) is 3. The van der Waals surface area contributed by atoms with Crippen LogP contribution in [0.4, 0.5) is 13.2 Å². The molecule has 0 saturated carbocycles. The predicted octanol–water partition coefficient (Wildman–Crippen LogP) is 3.97. The number of hydrogen-bond donors (Lipinski definition) is 2. The van der Waals surface area contributed by atoms with Crippen LogP contribution < -0.4 is 11.3 Å². The van der Waals surface area contributed by atoms with Gasteiger partial charge in [0, 0.05) is 10.4 Å². The lowest BCUT2D eigenvalue weighted by molar-refractivity contribution is -0.138. The number of hydrazine groups is 1. The Balaban J connectivity index is 2.46. The number of halogens is 4. The van der Waals surface area contributed by atoms with E-state index in [0.717, 1.165) is 16.7 Å². The Kier molecular flexibility index (Phi) is 4.15. The molecule has 2 aromatic rings. The highest BCUT2D eigenvalue weighted by molar-refractivity contribution is 7.08. The highest BCUT2D eigenvalue weighted by Gasteiger charge is 2.36. The number of benzene rings is 1. The second-order valence-electron chi connectivity index (χ2n) is 3.89. The first-order valence-corrected chi connectivity index (χ1v) is 6.60. The van der Waals surface area contributed by atoms with Crippen LogP contribution in [0.15, 0.2) is 35.0 Å². The maximum absolute atomic E-state index is 12.9. The molecule has 2 nitrogen and oxygen atoms in total. The summed E-state index contributed by atoms with van der Waals surface area (Å²) in [4.78, 5) is 0. The van der Waals surface area contributed by atoms with Crippen molar-refractivity contribution >= 4 is 22.9 Å². The molecular formula is C12H10ClF3N2S. The van der Waals surface area contributed by atoms with Crippen molar-refractivity contribution in [2.24, 2.45) is 5.84 Å². The molecule has 102 valence electrons. The molecule has 1 unspecified atom stereocenters. The van der Waals surface area contributed by atoms with E-state index in [4.69, 9.17) is 17.4 Å². The van der Waals surface area contributed by atoms with Crippen LogP contribution in [-0.4, -0.2) is 0 Å². The molecular weight excluding hydrogens is 297 g/mol. The van der Waals surface area contributed by atoms with Crippen LogP contribution in [0.2, 0.25) is 5.02 Å². The zero-order valence-corrected chi connectivity index (χ0v) is 11.1. The summed E-state index contributed by atoms with van der Waals surface area (Å²) in [5, 5.41) is 2.96. The molecule has 0 radical (unpaired) electrons. The molecule has 3 N–H and O–H groups in total. The van der Waals surface area contributed by atoms with E-state index in [9.17, 15) is 13.2 Å². The third-order valence-electron chi connectivity index (χ3n) is 2.66. The van der Waals surface area contributed by atoms with E-state index >= 15 is 0 Å². The van der Waals surface area contributed by atoms with E-state index in [1.54, 1.807) is 24.3 Å². The van der Waals surface area contributed by atoms with Crippen LogP contribution in [0.1, 0.15) is 22.7 Å². The van der Waals surface area contributed by atoms with Crippen molar-refractivity contribution in [3.05, 3.63) is 56.7 Å². The Morgan fingerprint density at radius 1 is 1.26 bits per heavy atom. The fourth-order valence-corrected chi connectivity index (χ4v) is 2.89. The first-order valence-electron chi connectivity index (χ1n) is 5.28. The summed E-state index contributed by atoms with van der Waals surface area (Å²) in [6.07, 6.45) is -4.40. The Labute approximate surface area is 117 Å². The molecule has 0 aliphatic carbocycles. The van der Waals surface area contributed by atoms with Gasteiger partial charge in [-0.05, 0) is 28.6 Å². The van der Waals surface area contributed by atoms with Gasteiger partial charge in [-0.1, -0.05) is 23.7 Å². The second-order valence-corrected chi connectivity index (χ2v) is 5.07. The number of nitrogens with two attached hydrogens (primary N) is 1. The monoisotopic (exact) mass is 306 g/mol. The summed E-state index contributed by atoms with van der Waals surface area (Å²) in [6.45, 7) is 0. The van der Waals surface area contributed by atoms with Gasteiger partial charge in [0.25, 0.3) is 0 Å². The first kappa shape index (κ1) is 14.3. The van der Waals surface area contributed by atoms with Gasteiger partial charge in [-0.2, -0.15) is 24.5 Å². The van der Waals surface area contributed by atoms with E-state index in [1.165, 1.54) is 5.38 Å². The molecule has 0 fully saturated rings. The van der Waals surface area contributed by atoms with Crippen LogP contribution in [-0.2, 0) is 6.18 Å². The van der Waals surface area contributed by atoms with Gasteiger partial charge in [0.2, 0.25) is 0 Å². The smallest absolute Gasteiger partial charge is 0.271 e. The molecule has 1 atom stereocenters. The van der Waals surface area contributed by atoms with Gasteiger partial charge in [-0.25, -0.2) is 5.43 Å². The summed E-state index contributed by atoms with van der Waals surface area (Å²) in [5.74, 6) is 5.40. The molecule has 0 amide bonds. The summed E-state index contributed by atoms with van der Waals surface area (Å²) < 4.78 is 38.7. The Hall–Kier alpha value is -1.08. The van der Waals surface area contributed by atoms with Crippen LogP contribution in [0.3, 0.4) is 0 Å². The van der Waals surface area contributed by atoms with Crippen molar-refractivity contribution in [3.63, 3.8) is 0 Å². The minimum Gasteiger partial charge on any atom is -0.271 e. The third kappa shape index (κ3) is 3.09. The summed E-state index contributed by atoms with van der Waals surface area (Å²) >= 11 is 6.84. The van der Waals surface area contributed by atoms with Crippen molar-refractivity contribution in [2.75, 3.05) is 0 Å². The molecule has 7 heteroatoms. The van der Waals surface area contributed by atoms with Crippen LogP contribution in [0.25, 0.3) is 0 Å². The van der Waals surface area contributed by atoms with Gasteiger partial charge in [0.05, 0.1) is 11.6 Å². The third-order valence-corrected chi connectivity index (χ3v) is 3.65. The lowest BCUT2D eigenvalue weighted by Gasteiger charge is -2.18. The molecule has 0 spiro atoms. The van der Waals surface area contributed by atoms with Crippen LogP contribution >= 0.6 is 22.9 Å². The molecule has 0 aliphatic heterocycles. The topological polar surface area (TPSA) is 38.0 Å². The SMILES string of the molecule is NNC(c1cccc(Cl)c1)c1cscc1C(F)(F)F. The molecule has 0 bridgehead atoms. The minimum absolute atomic E-state index is 0.0993. The summed E-state index contributed by atoms with van der Waals surface area (Å²) in [6, 6.07) is 5.83. The van der Waals surface area contributed by atoms with E-state index in [1.807, 2.05) is 0 Å². The van der Waals surface area contributed by atoms with Gasteiger partial charge < -0.3 is 0 Å². The van der Waals surface area contributed by atoms with E-state index in [-0.39, 0.29) is 5.56 Å². The Morgan fingerprint density at radius 3 is 2.58 bits per heavy atom. The second kappa shape index (κ2) is 5.50. The van der Waals surface area contributed by atoms with Crippen molar-refractivity contribution in [1.29, 1.82) is 0 Å². The molecule has 0 saturated heterocycles. The lowest BCUT2D eigenvalue weighted by Crippen LogP contribution is -2.30. The number of rotatable bonds is 3. The van der Waals surface area contributed by atoms with Crippen LogP contribution in [0, 0.1) is 0 Å². The zero-order chi connectivity index (χ0) is 14.0. The average molecular weight is 307 g/mol. The molecule has 2 rings (SSSR count). The predicted molar refractivity (Wildman–Crippen MR) is 69.9 cm³/mol. The quantitative estimate of drug-likeness (QED) is 0.665.